The van der Waals surface area contributed by atoms with E-state index < -0.39 is 0 Å². The number of fused-ring (bicyclic) bond motifs is 5. The molecule has 1 fully saturated rings. The van der Waals surface area contributed by atoms with Gasteiger partial charge in [0.25, 0.3) is 27.8 Å². The molecule has 6 N–H and O–H groups in total. The molecule has 0 saturated carbocycles. The van der Waals surface area contributed by atoms with E-state index in [0.717, 1.165) is 104 Å². The lowest BCUT2D eigenvalue weighted by atomic mass is 10.1. The topological polar surface area (TPSA) is 301 Å². The molecule has 0 spiro atoms. The summed E-state index contributed by atoms with van der Waals surface area (Å²) in [7, 11) is 5.44. The Morgan fingerprint density at radius 1 is 0.372 bits per heavy atom. The van der Waals surface area contributed by atoms with E-state index in [1.54, 1.807) is 25.3 Å². The van der Waals surface area contributed by atoms with Gasteiger partial charge in [0.15, 0.2) is 28.7 Å². The maximum atomic E-state index is 12.9. The molecule has 1 aliphatic rings. The Morgan fingerprint density at radius 3 is 1.01 bits per heavy atom. The molecule has 10 aromatic rings. The minimum atomic E-state index is -0.282. The molecule has 113 heavy (non-hydrogen) atoms. The molecule has 0 bridgehead atoms. The number of phenols is 5. The number of hydrogen-bond acceptors (Lipinski definition) is 20. The van der Waals surface area contributed by atoms with Crippen molar-refractivity contribution in [2.45, 2.75) is 185 Å². The Balaban J connectivity index is 0.000000196. The molecule has 0 atom stereocenters. The van der Waals surface area contributed by atoms with Crippen LogP contribution in [0.25, 0.3) is 54.5 Å². The number of phenolic OH excluding ortho intramolecular Hbond substituents is 5. The van der Waals surface area contributed by atoms with Crippen LogP contribution in [0.5, 0.6) is 28.7 Å². The molecule has 6 heterocycles. The zero-order valence-electron chi connectivity index (χ0n) is 65.6. The number of aromatic hydroxyl groups is 5. The zero-order chi connectivity index (χ0) is 83.6. The first-order chi connectivity index (χ1) is 53.7. The Morgan fingerprint density at radius 2 is 0.673 bits per heavy atom. The second kappa shape index (κ2) is 43.6. The quantitative estimate of drug-likeness (QED) is 0.0275. The monoisotopic (exact) mass is 1760 g/mol. The number of nitrogens with zero attached hydrogens (tertiary/aromatic N) is 14. The Labute approximate surface area is 706 Å². The Kier molecular flexibility index (Phi) is 36.2. The van der Waals surface area contributed by atoms with Gasteiger partial charge in [0.2, 0.25) is 0 Å². The molecule has 0 amide bonds. The van der Waals surface area contributed by atoms with Crippen molar-refractivity contribution < 1.29 is 25.5 Å². The molecule has 25 nitrogen and oxygen atoms in total. The minimum absolute atomic E-state index is 0.0844. The van der Waals surface area contributed by atoms with Crippen LogP contribution in [0.15, 0.2) is 54.3 Å². The first kappa shape index (κ1) is 93.7. The normalized spacial score (nSPS) is 12.4. The third-order valence-corrected chi connectivity index (χ3v) is 21.4. The first-order valence-corrected chi connectivity index (χ1v) is 41.5. The van der Waals surface area contributed by atoms with Gasteiger partial charge in [-0.05, 0) is 162 Å². The van der Waals surface area contributed by atoms with E-state index in [1.807, 2.05) is 46.7 Å². The summed E-state index contributed by atoms with van der Waals surface area (Å²) in [5.74, 6) is 1.97. The van der Waals surface area contributed by atoms with Gasteiger partial charge in [-0.1, -0.05) is 171 Å². The van der Waals surface area contributed by atoms with Crippen LogP contribution >= 0.6 is 116 Å². The highest BCUT2D eigenvalue weighted by Crippen LogP contribution is 2.40. The first-order valence-electron chi connectivity index (χ1n) is 37.7. The summed E-state index contributed by atoms with van der Waals surface area (Å²) in [6, 6.07) is 6.86. The lowest BCUT2D eigenvalue weighted by Crippen LogP contribution is -2.34. The van der Waals surface area contributed by atoms with Gasteiger partial charge in [0, 0.05) is 33.2 Å². The Hall–Kier alpha value is -6.50. The summed E-state index contributed by atoms with van der Waals surface area (Å²) >= 11 is 60.4. The largest absolute Gasteiger partial charge is 0.504 e. The number of nitrogens with one attached hydrogen (secondary N) is 1. The number of halogens is 10. The highest BCUT2D eigenvalue weighted by Gasteiger charge is 2.26. The fourth-order valence-corrected chi connectivity index (χ4v) is 15.8. The Bertz CT molecular complexity index is 5350. The van der Waals surface area contributed by atoms with E-state index in [9.17, 15) is 49.5 Å². The number of aromatic nitrogens is 10. The van der Waals surface area contributed by atoms with E-state index >= 15 is 0 Å². The van der Waals surface area contributed by atoms with Gasteiger partial charge in [-0.2, -0.15) is 0 Å². The van der Waals surface area contributed by atoms with Crippen molar-refractivity contribution in [2.75, 3.05) is 59.9 Å². The van der Waals surface area contributed by atoms with Crippen molar-refractivity contribution in [2.24, 2.45) is 7.05 Å². The lowest BCUT2D eigenvalue weighted by Gasteiger charge is -2.27. The number of benzene rings is 5. The standard InChI is InChI=1S/C17H21Cl2N3O2.C17H23Cl2N3O2.C16H21Cl2N3O2.2C14H17Cl2N3O2/c1-2-6-22-13(10-21-7-4-3-5-8-21)20-15-14(17(22)24)11(18)9-12(19)16(15)23;1-4-7-21(8-5-2)10-13-20-15-14(17(24)22(13)6-3)11(18)9-12(19)16(15)23;1-4-6-21(7-5-2)9-12-19-14-13(16(23)20(12)3)10(17)8-11(18)15(14)22;1-4-5-19-10(7-18(2)3)17-12-11(14(19)21)8(15)6-9(16)13(12)20;1-3-5-17-7-10-18-12-11(14(21)19(10)4-2)8(15)6-9(16)13(12)20/h9,23H,2-8,10H2,1H3;9,23H,4-8,10H2,1-3H3;8,22H,4-7,9H2,1-3H3;6,20H,4-5,7H2,1-3H3;6,17,20H,3-5,7H2,1-2H3. The zero-order valence-corrected chi connectivity index (χ0v) is 73.1. The van der Waals surface area contributed by atoms with Crippen LogP contribution in [-0.2, 0) is 66.0 Å². The van der Waals surface area contributed by atoms with E-state index in [1.165, 1.54) is 41.3 Å². The summed E-state index contributed by atoms with van der Waals surface area (Å²) < 4.78 is 7.92. The van der Waals surface area contributed by atoms with Gasteiger partial charge < -0.3 is 35.7 Å². The molecule has 616 valence electrons. The van der Waals surface area contributed by atoms with Crippen LogP contribution in [0.4, 0.5) is 0 Å². The van der Waals surface area contributed by atoms with Crippen LogP contribution in [0.2, 0.25) is 50.2 Å². The molecule has 0 radical (unpaired) electrons. The number of rotatable bonds is 26. The molecule has 35 heteroatoms. The second-order valence-electron chi connectivity index (χ2n) is 27.4. The molecule has 5 aromatic carbocycles. The lowest BCUT2D eigenvalue weighted by molar-refractivity contribution is 0.212. The van der Waals surface area contributed by atoms with Gasteiger partial charge >= 0.3 is 0 Å². The summed E-state index contributed by atoms with van der Waals surface area (Å²) in [6.45, 7) is 29.5. The van der Waals surface area contributed by atoms with Crippen LogP contribution in [0.1, 0.15) is 156 Å². The predicted molar refractivity (Wildman–Crippen MR) is 462 cm³/mol. The molecular weight excluding hydrogens is 1660 g/mol. The third kappa shape index (κ3) is 22.4. The van der Waals surface area contributed by atoms with E-state index in [2.05, 4.69) is 79.6 Å². The summed E-state index contributed by atoms with van der Waals surface area (Å²) in [5, 5.41) is 56.4. The van der Waals surface area contributed by atoms with Gasteiger partial charge in [-0.15, -0.1) is 0 Å². The van der Waals surface area contributed by atoms with Crippen molar-refractivity contribution in [3.05, 3.63) is 161 Å². The highest BCUT2D eigenvalue weighted by atomic mass is 35.5. The van der Waals surface area contributed by atoms with Gasteiger partial charge in [0.1, 0.15) is 56.7 Å². The average molecular weight is 1760 g/mol. The fourth-order valence-electron chi connectivity index (χ4n) is 13.2. The molecule has 5 aromatic heterocycles. The molecule has 1 aliphatic heterocycles. The van der Waals surface area contributed by atoms with Gasteiger partial charge in [-0.25, -0.2) is 24.9 Å². The van der Waals surface area contributed by atoms with Crippen molar-refractivity contribution in [3.63, 3.8) is 0 Å². The van der Waals surface area contributed by atoms with Crippen molar-refractivity contribution in [1.82, 2.24) is 72.7 Å². The predicted octanol–water partition coefficient (Wildman–Crippen LogP) is 17.2. The maximum absolute atomic E-state index is 12.9. The molecule has 0 unspecified atom stereocenters. The van der Waals surface area contributed by atoms with Gasteiger partial charge in [0.05, 0.1) is 110 Å². The second-order valence-corrected chi connectivity index (χ2v) is 31.5. The van der Waals surface area contributed by atoms with Gasteiger partial charge in [-0.3, -0.25) is 61.5 Å². The van der Waals surface area contributed by atoms with Crippen LogP contribution in [0.3, 0.4) is 0 Å². The number of hydrogen-bond donors (Lipinski definition) is 6. The van der Waals surface area contributed by atoms with E-state index in [4.69, 9.17) is 116 Å². The average Bonchev–Trinajstić information content (AvgIpc) is 0.789. The van der Waals surface area contributed by atoms with Crippen LogP contribution in [0, 0.1) is 0 Å². The van der Waals surface area contributed by atoms with E-state index in [0.29, 0.717) is 88.0 Å². The molecular formula is C78H99Cl10N15O10. The van der Waals surface area contributed by atoms with Crippen molar-refractivity contribution in [3.8, 4) is 28.7 Å². The van der Waals surface area contributed by atoms with Crippen molar-refractivity contribution in [1.29, 1.82) is 0 Å². The number of likely N-dealkylation sites (tertiary alicyclic amines) is 1. The SMILES string of the molecule is CCCN(CCC)Cc1nc2c(O)c(Cl)cc(Cl)c2c(=O)n1C.CCCN(CCC)Cc1nc2c(O)c(Cl)cc(Cl)c2c(=O)n1CC.CCCNCc1nc2c(O)c(Cl)cc(Cl)c2c(=O)n1CC.CCCn1c(CN(C)C)nc2c(O)c(Cl)cc(Cl)c2c1=O.CCCn1c(CN2CCCCC2)nc2c(O)c(Cl)cc(Cl)c2c1=O. The molecule has 0 aliphatic carbocycles. The molecule has 1 saturated heterocycles. The molecule has 11 rings (SSSR count). The summed E-state index contributed by atoms with van der Waals surface area (Å²) in [4.78, 5) is 94.6. The summed E-state index contributed by atoms with van der Waals surface area (Å²) in [5.41, 5.74) is -0.445. The smallest absolute Gasteiger partial charge is 0.263 e. The van der Waals surface area contributed by atoms with Crippen LogP contribution < -0.4 is 33.1 Å². The minimum Gasteiger partial charge on any atom is -0.504 e. The number of piperidine rings is 1. The van der Waals surface area contributed by atoms with Crippen LogP contribution in [-0.4, -0.2) is 153 Å². The highest BCUT2D eigenvalue weighted by molar-refractivity contribution is 6.42. The van der Waals surface area contributed by atoms with Crippen molar-refractivity contribution >= 4 is 171 Å². The summed E-state index contributed by atoms with van der Waals surface area (Å²) in [6.07, 6.45) is 10.2. The maximum Gasteiger partial charge on any atom is 0.263 e. The van der Waals surface area contributed by atoms with E-state index in [-0.39, 0.29) is 161 Å². The third-order valence-electron chi connectivity index (χ3n) is 18.5. The fraction of sp³-hybridized carbons (Fsp3) is 0.487.